The van der Waals surface area contributed by atoms with E-state index in [1.54, 1.807) is 0 Å². The molecule has 0 heterocycles. The smallest absolute Gasteiger partial charge is 0.161 e. The van der Waals surface area contributed by atoms with E-state index in [2.05, 4.69) is 12.6 Å². The van der Waals surface area contributed by atoms with Gasteiger partial charge < -0.3 is 0 Å². The molecule has 0 amide bonds. The third kappa shape index (κ3) is 143. The molecule has 0 saturated heterocycles. The standard InChI is InChI=1S/CHF3S.Cu/c2-1(3,4)5;/h5H;. The van der Waals surface area contributed by atoms with Gasteiger partial charge in [-0.05, 0) is 0 Å². The Kier molecular flexibility index (Phi) is 4.54. The monoisotopic (exact) mass is 165 g/mol. The van der Waals surface area contributed by atoms with Crippen LogP contribution in [0.2, 0.25) is 0 Å². The first-order valence-corrected chi connectivity index (χ1v) is 1.24. The van der Waals surface area contributed by atoms with Gasteiger partial charge >= 0.3 is 5.51 Å². The zero-order valence-corrected chi connectivity index (χ0v) is 4.22. The molecule has 0 atom stereocenters. The maximum Gasteiger partial charge on any atom is 0.438 e. The van der Waals surface area contributed by atoms with Gasteiger partial charge in [-0.25, -0.2) is 0 Å². The summed E-state index contributed by atoms with van der Waals surface area (Å²) in [6.07, 6.45) is 0. The Hall–Kier alpha value is 0.659. The second-order valence-electron chi connectivity index (χ2n) is 0.468. The third-order valence-corrected chi connectivity index (χ3v) is 0. The summed E-state index contributed by atoms with van der Waals surface area (Å²) in [5.41, 5.74) is -4.31. The Balaban J connectivity index is 0. The van der Waals surface area contributed by atoms with E-state index in [0.717, 1.165) is 0 Å². The number of hydrogen-bond donors (Lipinski definition) is 1. The van der Waals surface area contributed by atoms with Crippen molar-refractivity contribution < 1.29 is 30.2 Å². The van der Waals surface area contributed by atoms with Crippen LogP contribution in [0, 0.1) is 0 Å². The predicted molar refractivity (Wildman–Crippen MR) is 15.0 cm³/mol. The topological polar surface area (TPSA) is 0 Å². The molecule has 0 saturated carbocycles. The summed E-state index contributed by atoms with van der Waals surface area (Å²) in [7, 11) is 0. The molecule has 0 aliphatic carbocycles. The van der Waals surface area contributed by atoms with Crippen LogP contribution in [0.5, 0.6) is 0 Å². The van der Waals surface area contributed by atoms with E-state index in [9.17, 15) is 13.2 Å². The van der Waals surface area contributed by atoms with E-state index in [0.29, 0.717) is 0 Å². The Morgan fingerprint density at radius 3 is 1.17 bits per heavy atom. The fraction of sp³-hybridized carbons (Fsp3) is 1.00. The van der Waals surface area contributed by atoms with Crippen molar-refractivity contribution in [2.75, 3.05) is 0 Å². The van der Waals surface area contributed by atoms with Gasteiger partial charge in [0.1, 0.15) is 0 Å². The molecule has 0 fully saturated rings. The molecule has 0 aliphatic heterocycles. The molecule has 0 nitrogen and oxygen atoms in total. The average Bonchev–Trinajstić information content (AvgIpc) is 0.722. The van der Waals surface area contributed by atoms with Crippen molar-refractivity contribution >= 4 is 12.6 Å². The molecule has 0 aromatic heterocycles. The first-order chi connectivity index (χ1) is 2.00. The summed E-state index contributed by atoms with van der Waals surface area (Å²) in [5.74, 6) is 0. The quantitative estimate of drug-likeness (QED) is 0.408. The summed E-state index contributed by atoms with van der Waals surface area (Å²) in [6.45, 7) is 0. The number of rotatable bonds is 0. The molecular weight excluding hydrogens is 165 g/mol. The van der Waals surface area contributed by atoms with Crippen molar-refractivity contribution in [1.29, 1.82) is 0 Å². The molecule has 0 aromatic rings. The normalized spacial score (nSPS) is 10.0. The summed E-state index contributed by atoms with van der Waals surface area (Å²) in [4.78, 5) is 0. The van der Waals surface area contributed by atoms with Gasteiger partial charge in [0.25, 0.3) is 0 Å². The largest absolute Gasteiger partial charge is 0.438 e. The van der Waals surface area contributed by atoms with Crippen LogP contribution in [-0.4, -0.2) is 5.51 Å². The van der Waals surface area contributed by atoms with E-state index in [-0.39, 0.29) is 17.1 Å². The molecule has 5 heteroatoms. The second kappa shape index (κ2) is 2.77. The van der Waals surface area contributed by atoms with Gasteiger partial charge in [-0.2, -0.15) is 13.2 Å². The Labute approximate surface area is 49.0 Å². The molecule has 6 heavy (non-hydrogen) atoms. The van der Waals surface area contributed by atoms with E-state index >= 15 is 0 Å². The van der Waals surface area contributed by atoms with Gasteiger partial charge in [0.15, 0.2) is 0 Å². The Morgan fingerprint density at radius 1 is 1.17 bits per heavy atom. The van der Waals surface area contributed by atoms with E-state index in [4.69, 9.17) is 0 Å². The van der Waals surface area contributed by atoms with Gasteiger partial charge in [0.05, 0.1) is 0 Å². The van der Waals surface area contributed by atoms with Crippen molar-refractivity contribution in [3.05, 3.63) is 0 Å². The SMILES string of the molecule is FC(F)(F)S.[Cu]. The van der Waals surface area contributed by atoms with E-state index in [1.807, 2.05) is 0 Å². The minimum Gasteiger partial charge on any atom is -0.161 e. The van der Waals surface area contributed by atoms with Crippen LogP contribution < -0.4 is 0 Å². The molecule has 0 aliphatic rings. The Morgan fingerprint density at radius 2 is 1.17 bits per heavy atom. The number of halogens is 3. The van der Waals surface area contributed by atoms with Gasteiger partial charge in [-0.15, -0.1) is 0 Å². The van der Waals surface area contributed by atoms with Crippen LogP contribution in [0.25, 0.3) is 0 Å². The molecular formula is CHCuF3S. The maximum atomic E-state index is 10.2. The van der Waals surface area contributed by atoms with Crippen LogP contribution in [0.15, 0.2) is 0 Å². The zero-order valence-electron chi connectivity index (χ0n) is 2.38. The van der Waals surface area contributed by atoms with Crippen LogP contribution in [-0.2, 0) is 17.1 Å². The van der Waals surface area contributed by atoms with Gasteiger partial charge in [-0.3, -0.25) is 0 Å². The number of alkyl halides is 3. The van der Waals surface area contributed by atoms with Crippen molar-refractivity contribution in [3.63, 3.8) is 0 Å². The molecule has 0 rings (SSSR count). The fourth-order valence-electron chi connectivity index (χ4n) is 0. The van der Waals surface area contributed by atoms with Crippen LogP contribution >= 0.6 is 12.6 Å². The summed E-state index contributed by atoms with van der Waals surface area (Å²) in [6, 6.07) is 0. The van der Waals surface area contributed by atoms with Crippen molar-refractivity contribution in [1.82, 2.24) is 0 Å². The van der Waals surface area contributed by atoms with Gasteiger partial charge in [0, 0.05) is 17.1 Å². The maximum absolute atomic E-state index is 10.2. The summed E-state index contributed by atoms with van der Waals surface area (Å²) < 4.78 is 30.7. The number of thiol groups is 1. The van der Waals surface area contributed by atoms with Gasteiger partial charge in [-0.1, -0.05) is 12.6 Å². The predicted octanol–water partition coefficient (Wildman–Crippen LogP) is 1.43. The van der Waals surface area contributed by atoms with Crippen molar-refractivity contribution in [2.24, 2.45) is 0 Å². The molecule has 0 N–H and O–H groups in total. The van der Waals surface area contributed by atoms with Crippen LogP contribution in [0.3, 0.4) is 0 Å². The van der Waals surface area contributed by atoms with Crippen molar-refractivity contribution in [2.45, 2.75) is 5.51 Å². The third-order valence-electron chi connectivity index (χ3n) is 0. The van der Waals surface area contributed by atoms with Crippen LogP contribution in [0.4, 0.5) is 13.2 Å². The molecule has 0 bridgehead atoms. The number of hydrogen-bond acceptors (Lipinski definition) is 1. The van der Waals surface area contributed by atoms with Gasteiger partial charge in [0.2, 0.25) is 0 Å². The summed E-state index contributed by atoms with van der Waals surface area (Å²) in [5, 5.41) is 0. The molecule has 0 unspecified atom stereocenters. The molecule has 0 aromatic carbocycles. The molecule has 1 radical (unpaired) electrons. The van der Waals surface area contributed by atoms with Crippen LogP contribution in [0.1, 0.15) is 0 Å². The fourth-order valence-corrected chi connectivity index (χ4v) is 0. The first kappa shape index (κ1) is 9.82. The second-order valence-corrected chi connectivity index (χ2v) is 0.975. The molecule has 0 spiro atoms. The first-order valence-electron chi connectivity index (χ1n) is 0.791. The van der Waals surface area contributed by atoms with E-state index in [1.165, 1.54) is 0 Å². The average molecular weight is 166 g/mol. The minimum absolute atomic E-state index is 0. The van der Waals surface area contributed by atoms with E-state index < -0.39 is 5.51 Å². The zero-order chi connectivity index (χ0) is 4.50. The molecule has 43 valence electrons. The minimum atomic E-state index is -4.31. The van der Waals surface area contributed by atoms with Crippen molar-refractivity contribution in [3.8, 4) is 0 Å². The summed E-state index contributed by atoms with van der Waals surface area (Å²) >= 11 is 2.12. The Bertz CT molecular complexity index is 26.3.